The number of amides is 1. The van der Waals surface area contributed by atoms with Gasteiger partial charge in [0.1, 0.15) is 6.10 Å². The van der Waals surface area contributed by atoms with Gasteiger partial charge in [-0.05, 0) is 29.7 Å². The smallest absolute Gasteiger partial charge is 0.278 e. The van der Waals surface area contributed by atoms with Crippen molar-refractivity contribution in [3.63, 3.8) is 0 Å². The lowest BCUT2D eigenvalue weighted by molar-refractivity contribution is 0.0521. The number of methoxy groups -OCH3 is 1. The molecular weight excluding hydrogens is 342 g/mol. The number of rotatable bonds is 4. The molecule has 1 fully saturated rings. The van der Waals surface area contributed by atoms with Crippen LogP contribution in [0, 0.1) is 0 Å². The van der Waals surface area contributed by atoms with Crippen LogP contribution in [0.2, 0.25) is 0 Å². The Bertz CT molecular complexity index is 955. The lowest BCUT2D eigenvalue weighted by Crippen LogP contribution is -2.44. The van der Waals surface area contributed by atoms with Gasteiger partial charge in [0, 0.05) is 24.5 Å². The minimum absolute atomic E-state index is 0.0335. The zero-order valence-corrected chi connectivity index (χ0v) is 15.2. The summed E-state index contributed by atoms with van der Waals surface area (Å²) in [5.74, 6) is 0.755. The summed E-state index contributed by atoms with van der Waals surface area (Å²) >= 11 is 0. The second-order valence-electron chi connectivity index (χ2n) is 6.53. The molecule has 0 radical (unpaired) electrons. The van der Waals surface area contributed by atoms with Crippen molar-refractivity contribution in [1.82, 2.24) is 14.9 Å². The number of carbonyl (C=O) groups excluding carboxylic acids is 1. The van der Waals surface area contributed by atoms with Gasteiger partial charge in [-0.2, -0.15) is 0 Å². The van der Waals surface area contributed by atoms with Crippen LogP contribution < -0.4 is 9.47 Å². The number of hydrogen-bond acceptors (Lipinski definition) is 5. The zero-order chi connectivity index (χ0) is 18.6. The third kappa shape index (κ3) is 3.56. The molecule has 6 nitrogen and oxygen atoms in total. The molecule has 4 rings (SSSR count). The second kappa shape index (κ2) is 7.61. The average Bonchev–Trinajstić information content (AvgIpc) is 2.73. The molecule has 1 aromatic heterocycles. The van der Waals surface area contributed by atoms with Crippen LogP contribution in [-0.4, -0.2) is 47.1 Å². The normalized spacial score (nSPS) is 16.9. The van der Waals surface area contributed by atoms with Crippen molar-refractivity contribution in [2.75, 3.05) is 20.2 Å². The molecule has 0 saturated carbocycles. The van der Waals surface area contributed by atoms with Crippen molar-refractivity contribution < 1.29 is 14.3 Å². The van der Waals surface area contributed by atoms with Gasteiger partial charge in [0.25, 0.3) is 17.7 Å². The highest BCUT2D eigenvalue weighted by atomic mass is 16.5. The van der Waals surface area contributed by atoms with Gasteiger partial charge in [-0.3, -0.25) is 4.79 Å². The van der Waals surface area contributed by atoms with Crippen LogP contribution in [0.3, 0.4) is 0 Å². The van der Waals surface area contributed by atoms with E-state index >= 15 is 0 Å². The third-order valence-corrected chi connectivity index (χ3v) is 4.79. The van der Waals surface area contributed by atoms with Gasteiger partial charge in [0.2, 0.25) is 0 Å². The summed E-state index contributed by atoms with van der Waals surface area (Å²) in [4.78, 5) is 23.3. The summed E-state index contributed by atoms with van der Waals surface area (Å²) in [6.07, 6.45) is 4.73. The second-order valence-corrected chi connectivity index (χ2v) is 6.53. The first-order valence-corrected chi connectivity index (χ1v) is 9.05. The maximum atomic E-state index is 13.2. The van der Waals surface area contributed by atoms with E-state index in [1.165, 1.54) is 7.11 Å². The van der Waals surface area contributed by atoms with Gasteiger partial charge in [0.05, 0.1) is 13.7 Å². The molecule has 1 amide bonds. The van der Waals surface area contributed by atoms with E-state index in [-0.39, 0.29) is 12.0 Å². The Balaban J connectivity index is 1.53. The number of benzene rings is 2. The highest BCUT2D eigenvalue weighted by Crippen LogP contribution is 2.26. The molecule has 1 saturated heterocycles. The third-order valence-electron chi connectivity index (χ3n) is 4.79. The first kappa shape index (κ1) is 17.3. The van der Waals surface area contributed by atoms with E-state index < -0.39 is 0 Å². The topological polar surface area (TPSA) is 64.6 Å². The van der Waals surface area contributed by atoms with Crippen molar-refractivity contribution in [3.8, 4) is 11.8 Å². The minimum atomic E-state index is -0.136. The first-order chi connectivity index (χ1) is 13.3. The number of carbonyl (C=O) groups is 1. The summed E-state index contributed by atoms with van der Waals surface area (Å²) in [6, 6.07) is 13.8. The van der Waals surface area contributed by atoms with E-state index in [2.05, 4.69) is 9.97 Å². The molecule has 2 heterocycles. The number of aromatic nitrogens is 2. The Morgan fingerprint density at radius 2 is 1.85 bits per heavy atom. The fraction of sp³-hybridized carbons (Fsp3) is 0.286. The van der Waals surface area contributed by atoms with E-state index in [0.29, 0.717) is 18.3 Å². The monoisotopic (exact) mass is 363 g/mol. The molecule has 0 N–H and O–H groups in total. The predicted octanol–water partition coefficient (Wildman–Crippen LogP) is 3.32. The largest absolute Gasteiger partial charge is 0.477 e. The van der Waals surface area contributed by atoms with Crippen molar-refractivity contribution in [2.24, 2.45) is 0 Å². The molecule has 3 aromatic rings. The summed E-state index contributed by atoms with van der Waals surface area (Å²) in [5.41, 5.74) is 0.728. The number of fused-ring (bicyclic) bond motifs is 1. The molecule has 0 spiro atoms. The summed E-state index contributed by atoms with van der Waals surface area (Å²) in [7, 11) is 1.54. The van der Waals surface area contributed by atoms with Gasteiger partial charge in [-0.25, -0.2) is 9.97 Å². The van der Waals surface area contributed by atoms with Gasteiger partial charge < -0.3 is 14.4 Å². The molecule has 0 bridgehead atoms. The van der Waals surface area contributed by atoms with Gasteiger partial charge >= 0.3 is 0 Å². The summed E-state index contributed by atoms with van der Waals surface area (Å²) < 4.78 is 11.2. The summed E-state index contributed by atoms with van der Waals surface area (Å²) in [6.45, 7) is 1.24. The van der Waals surface area contributed by atoms with Crippen LogP contribution in [0.4, 0.5) is 0 Å². The molecule has 1 unspecified atom stereocenters. The van der Waals surface area contributed by atoms with Crippen molar-refractivity contribution >= 4 is 16.7 Å². The highest BCUT2D eigenvalue weighted by molar-refractivity contribution is 6.07. The van der Waals surface area contributed by atoms with E-state index in [9.17, 15) is 4.79 Å². The zero-order valence-electron chi connectivity index (χ0n) is 15.2. The van der Waals surface area contributed by atoms with Crippen molar-refractivity contribution in [2.45, 2.75) is 18.9 Å². The number of piperidine rings is 1. The lowest BCUT2D eigenvalue weighted by atomic mass is 10.0. The van der Waals surface area contributed by atoms with E-state index in [4.69, 9.17) is 9.47 Å². The Morgan fingerprint density at radius 1 is 1.07 bits per heavy atom. The lowest BCUT2D eigenvalue weighted by Gasteiger charge is -2.33. The first-order valence-electron chi connectivity index (χ1n) is 9.05. The number of nitrogens with zero attached hydrogens (tertiary/aromatic N) is 3. The van der Waals surface area contributed by atoms with Crippen molar-refractivity contribution in [1.29, 1.82) is 0 Å². The van der Waals surface area contributed by atoms with Crippen LogP contribution in [-0.2, 0) is 0 Å². The molecule has 6 heteroatoms. The summed E-state index contributed by atoms with van der Waals surface area (Å²) in [5, 5.41) is 2.04. The molecule has 2 aromatic carbocycles. The van der Waals surface area contributed by atoms with Crippen LogP contribution >= 0.6 is 0 Å². The average molecular weight is 363 g/mol. The molecule has 1 aliphatic heterocycles. The standard InChI is InChI=1S/C21H21N3O3/c1-26-19-20(23-12-11-22-19)27-16-8-5-13-24(14-16)21(25)18-10-4-7-15-6-2-3-9-17(15)18/h2-4,6-7,9-12,16H,5,8,13-14H2,1H3. The fourth-order valence-corrected chi connectivity index (χ4v) is 3.49. The van der Waals surface area contributed by atoms with Gasteiger partial charge in [-0.15, -0.1) is 0 Å². The maximum Gasteiger partial charge on any atom is 0.278 e. The quantitative estimate of drug-likeness (QED) is 0.711. The van der Waals surface area contributed by atoms with Crippen molar-refractivity contribution in [3.05, 3.63) is 60.4 Å². The SMILES string of the molecule is COc1nccnc1OC1CCCN(C(=O)c2cccc3ccccc23)C1. The van der Waals surface area contributed by atoms with E-state index in [1.54, 1.807) is 12.4 Å². The number of hydrogen-bond donors (Lipinski definition) is 0. The highest BCUT2D eigenvalue weighted by Gasteiger charge is 2.27. The van der Waals surface area contributed by atoms with Gasteiger partial charge in [0.15, 0.2) is 0 Å². The minimum Gasteiger partial charge on any atom is -0.477 e. The Hall–Kier alpha value is -3.15. The molecule has 27 heavy (non-hydrogen) atoms. The van der Waals surface area contributed by atoms with Crippen LogP contribution in [0.5, 0.6) is 11.8 Å². The fourth-order valence-electron chi connectivity index (χ4n) is 3.49. The Kier molecular flexibility index (Phi) is 4.87. The molecule has 1 atom stereocenters. The Labute approximate surface area is 157 Å². The van der Waals surface area contributed by atoms with Crippen LogP contribution in [0.25, 0.3) is 10.8 Å². The molecular formula is C21H21N3O3. The maximum absolute atomic E-state index is 13.2. The molecule has 1 aliphatic rings. The van der Waals surface area contributed by atoms with E-state index in [1.807, 2.05) is 47.4 Å². The van der Waals surface area contributed by atoms with E-state index in [0.717, 1.165) is 35.7 Å². The molecule has 0 aliphatic carbocycles. The Morgan fingerprint density at radius 3 is 2.70 bits per heavy atom. The molecule has 138 valence electrons. The number of ether oxygens (including phenoxy) is 2. The number of likely N-dealkylation sites (tertiary alicyclic amines) is 1. The van der Waals surface area contributed by atoms with Gasteiger partial charge in [-0.1, -0.05) is 36.4 Å². The van der Waals surface area contributed by atoms with Crippen LogP contribution in [0.1, 0.15) is 23.2 Å². The predicted molar refractivity (Wildman–Crippen MR) is 102 cm³/mol. The van der Waals surface area contributed by atoms with Crippen LogP contribution in [0.15, 0.2) is 54.9 Å².